The summed E-state index contributed by atoms with van der Waals surface area (Å²) in [4.78, 5) is 17.3. The lowest BCUT2D eigenvalue weighted by Gasteiger charge is -2.09. The van der Waals surface area contributed by atoms with Crippen LogP contribution in [-0.4, -0.2) is 24.1 Å². The van der Waals surface area contributed by atoms with Crippen LogP contribution in [0.1, 0.15) is 11.3 Å². The van der Waals surface area contributed by atoms with Crippen LogP contribution in [0, 0.1) is 6.92 Å². The standard InChI is InChI=1S/C17H16ClN5O/c1-10-14-15-12(8-19-16(14)21(2)20-10)17(24)23(22(15)3)9-11-6-4-5-7-13(11)18/h4-8H,9H2,1-3H3. The lowest BCUT2D eigenvalue weighted by atomic mass is 10.2. The van der Waals surface area contributed by atoms with Crippen molar-refractivity contribution in [2.75, 3.05) is 0 Å². The third-order valence-electron chi connectivity index (χ3n) is 4.43. The molecule has 0 saturated carbocycles. The van der Waals surface area contributed by atoms with Gasteiger partial charge in [0.1, 0.15) is 0 Å². The lowest BCUT2D eigenvalue weighted by Crippen LogP contribution is -2.22. The van der Waals surface area contributed by atoms with Gasteiger partial charge in [-0.05, 0) is 18.6 Å². The van der Waals surface area contributed by atoms with Crippen molar-refractivity contribution in [3.8, 4) is 0 Å². The SMILES string of the molecule is Cc1nn(C)c2ncc3c(=O)n(Cc4ccccc4Cl)n(C)c3c12. The molecule has 0 fully saturated rings. The molecule has 0 bridgehead atoms. The van der Waals surface area contributed by atoms with Gasteiger partial charge in [-0.15, -0.1) is 0 Å². The van der Waals surface area contributed by atoms with Gasteiger partial charge in [-0.2, -0.15) is 5.10 Å². The average Bonchev–Trinajstić information content (AvgIpc) is 2.98. The van der Waals surface area contributed by atoms with Crippen LogP contribution in [0.3, 0.4) is 0 Å². The molecule has 122 valence electrons. The van der Waals surface area contributed by atoms with Crippen LogP contribution in [0.15, 0.2) is 35.3 Å². The van der Waals surface area contributed by atoms with E-state index in [1.54, 1.807) is 15.6 Å². The van der Waals surface area contributed by atoms with E-state index >= 15 is 0 Å². The molecule has 3 aromatic heterocycles. The monoisotopic (exact) mass is 341 g/mol. The summed E-state index contributed by atoms with van der Waals surface area (Å²) < 4.78 is 5.29. The predicted octanol–water partition coefficient (Wildman–Crippen LogP) is 2.63. The summed E-state index contributed by atoms with van der Waals surface area (Å²) in [6.07, 6.45) is 1.63. The summed E-state index contributed by atoms with van der Waals surface area (Å²) in [5.74, 6) is 0. The van der Waals surface area contributed by atoms with Crippen molar-refractivity contribution in [3.05, 3.63) is 57.1 Å². The molecule has 6 nitrogen and oxygen atoms in total. The van der Waals surface area contributed by atoms with Gasteiger partial charge in [0.15, 0.2) is 5.65 Å². The van der Waals surface area contributed by atoms with Gasteiger partial charge in [-0.1, -0.05) is 29.8 Å². The van der Waals surface area contributed by atoms with Gasteiger partial charge in [0.2, 0.25) is 0 Å². The average molecular weight is 342 g/mol. The fourth-order valence-electron chi connectivity index (χ4n) is 3.25. The number of hydrogen-bond donors (Lipinski definition) is 0. The minimum Gasteiger partial charge on any atom is -0.284 e. The number of fused-ring (bicyclic) bond motifs is 3. The molecule has 0 radical (unpaired) electrons. The van der Waals surface area contributed by atoms with Crippen LogP contribution in [0.2, 0.25) is 5.02 Å². The predicted molar refractivity (Wildman–Crippen MR) is 94.5 cm³/mol. The number of pyridine rings is 1. The van der Waals surface area contributed by atoms with E-state index < -0.39 is 0 Å². The van der Waals surface area contributed by atoms with Crippen molar-refractivity contribution < 1.29 is 0 Å². The maximum atomic E-state index is 12.9. The molecule has 4 aromatic rings. The molecule has 0 aliphatic carbocycles. The quantitative estimate of drug-likeness (QED) is 0.563. The van der Waals surface area contributed by atoms with E-state index in [1.807, 2.05) is 50.0 Å². The fourth-order valence-corrected chi connectivity index (χ4v) is 3.44. The van der Waals surface area contributed by atoms with Crippen LogP contribution in [0.4, 0.5) is 0 Å². The summed E-state index contributed by atoms with van der Waals surface area (Å²) in [5.41, 5.74) is 3.30. The lowest BCUT2D eigenvalue weighted by molar-refractivity contribution is 0.550. The van der Waals surface area contributed by atoms with Crippen molar-refractivity contribution in [2.24, 2.45) is 14.1 Å². The Kier molecular flexibility index (Phi) is 3.25. The highest BCUT2D eigenvalue weighted by molar-refractivity contribution is 6.31. The maximum Gasteiger partial charge on any atom is 0.276 e. The van der Waals surface area contributed by atoms with Crippen molar-refractivity contribution >= 4 is 33.5 Å². The molecule has 3 heterocycles. The highest BCUT2D eigenvalue weighted by Gasteiger charge is 2.19. The molecular formula is C17H16ClN5O. The van der Waals surface area contributed by atoms with E-state index in [0.717, 1.165) is 27.8 Å². The van der Waals surface area contributed by atoms with Crippen molar-refractivity contribution in [1.82, 2.24) is 24.1 Å². The zero-order valence-corrected chi connectivity index (χ0v) is 14.4. The number of nitrogens with zero attached hydrogens (tertiary/aromatic N) is 5. The first-order chi connectivity index (χ1) is 11.5. The third-order valence-corrected chi connectivity index (χ3v) is 4.80. The number of hydrogen-bond acceptors (Lipinski definition) is 3. The summed E-state index contributed by atoms with van der Waals surface area (Å²) in [6.45, 7) is 2.34. The Balaban J connectivity index is 2.03. The Morgan fingerprint density at radius 3 is 2.71 bits per heavy atom. The van der Waals surface area contributed by atoms with Crippen molar-refractivity contribution in [2.45, 2.75) is 13.5 Å². The Hall–Kier alpha value is -2.60. The zero-order chi connectivity index (χ0) is 17.0. The largest absolute Gasteiger partial charge is 0.284 e. The van der Waals surface area contributed by atoms with E-state index in [4.69, 9.17) is 11.6 Å². The van der Waals surface area contributed by atoms with E-state index in [0.29, 0.717) is 17.0 Å². The number of aryl methyl sites for hydroxylation is 3. The van der Waals surface area contributed by atoms with Crippen molar-refractivity contribution in [3.63, 3.8) is 0 Å². The molecule has 7 heteroatoms. The molecule has 0 atom stereocenters. The summed E-state index contributed by atoms with van der Waals surface area (Å²) in [7, 11) is 3.74. The van der Waals surface area contributed by atoms with Gasteiger partial charge in [-0.3, -0.25) is 14.2 Å². The highest BCUT2D eigenvalue weighted by Crippen LogP contribution is 2.25. The second-order valence-corrected chi connectivity index (χ2v) is 6.31. The third kappa shape index (κ3) is 1.99. The molecular weight excluding hydrogens is 326 g/mol. The Labute approximate surface area is 142 Å². The Morgan fingerprint density at radius 1 is 1.21 bits per heavy atom. The van der Waals surface area contributed by atoms with E-state index in [2.05, 4.69) is 10.1 Å². The summed E-state index contributed by atoms with van der Waals surface area (Å²) >= 11 is 6.25. The molecule has 0 unspecified atom stereocenters. The van der Waals surface area contributed by atoms with Gasteiger partial charge in [0, 0.05) is 25.3 Å². The number of rotatable bonds is 2. The first-order valence-corrected chi connectivity index (χ1v) is 7.98. The second-order valence-electron chi connectivity index (χ2n) is 5.91. The van der Waals surface area contributed by atoms with E-state index in [1.165, 1.54) is 0 Å². The topological polar surface area (TPSA) is 57.6 Å². The first-order valence-electron chi connectivity index (χ1n) is 7.60. The molecule has 24 heavy (non-hydrogen) atoms. The normalized spacial score (nSPS) is 11.7. The smallest absolute Gasteiger partial charge is 0.276 e. The van der Waals surface area contributed by atoms with Crippen LogP contribution in [0.5, 0.6) is 0 Å². The molecule has 4 rings (SSSR count). The molecule has 0 aliphatic heterocycles. The first kappa shape index (κ1) is 15.0. The molecule has 0 saturated heterocycles. The minimum absolute atomic E-state index is 0.0786. The molecule has 0 N–H and O–H groups in total. The number of halogens is 1. The van der Waals surface area contributed by atoms with Gasteiger partial charge >= 0.3 is 0 Å². The fraction of sp³-hybridized carbons (Fsp3) is 0.235. The molecule has 0 aliphatic rings. The Bertz CT molecular complexity index is 1150. The zero-order valence-electron chi connectivity index (χ0n) is 13.6. The van der Waals surface area contributed by atoms with Crippen LogP contribution < -0.4 is 5.56 Å². The van der Waals surface area contributed by atoms with Gasteiger partial charge < -0.3 is 0 Å². The Morgan fingerprint density at radius 2 is 1.96 bits per heavy atom. The van der Waals surface area contributed by atoms with E-state index in [9.17, 15) is 4.79 Å². The van der Waals surface area contributed by atoms with Gasteiger partial charge in [-0.25, -0.2) is 9.67 Å². The van der Waals surface area contributed by atoms with E-state index in [-0.39, 0.29) is 5.56 Å². The highest BCUT2D eigenvalue weighted by atomic mass is 35.5. The second kappa shape index (κ2) is 5.21. The molecule has 1 aromatic carbocycles. The molecule has 0 amide bonds. The summed E-state index contributed by atoms with van der Waals surface area (Å²) in [5, 5.41) is 6.58. The number of benzene rings is 1. The van der Waals surface area contributed by atoms with Crippen LogP contribution in [-0.2, 0) is 20.6 Å². The summed E-state index contributed by atoms with van der Waals surface area (Å²) in [6, 6.07) is 7.55. The van der Waals surface area contributed by atoms with Crippen LogP contribution >= 0.6 is 11.6 Å². The molecule has 0 spiro atoms. The maximum absolute atomic E-state index is 12.9. The van der Waals surface area contributed by atoms with Crippen molar-refractivity contribution in [1.29, 1.82) is 0 Å². The number of aromatic nitrogens is 5. The van der Waals surface area contributed by atoms with Gasteiger partial charge in [0.05, 0.1) is 28.5 Å². The minimum atomic E-state index is -0.0786. The van der Waals surface area contributed by atoms with Gasteiger partial charge in [0.25, 0.3) is 5.56 Å². The van der Waals surface area contributed by atoms with Crippen LogP contribution in [0.25, 0.3) is 21.9 Å².